The lowest BCUT2D eigenvalue weighted by molar-refractivity contribution is 0.102. The molecule has 0 aliphatic heterocycles. The number of aromatic hydroxyl groups is 2. The fourth-order valence-corrected chi connectivity index (χ4v) is 6.44. The van der Waals surface area contributed by atoms with E-state index in [1.807, 2.05) is 0 Å². The molecule has 0 radical (unpaired) electrons. The largest absolute Gasteiger partial charge is 0.507 e. The third-order valence-electron chi connectivity index (χ3n) is 8.28. The highest BCUT2D eigenvalue weighted by Crippen LogP contribution is 2.56. The quantitative estimate of drug-likeness (QED) is 0.118. The van der Waals surface area contributed by atoms with Crippen molar-refractivity contribution in [2.24, 2.45) is 11.5 Å². The van der Waals surface area contributed by atoms with Gasteiger partial charge in [-0.1, -0.05) is 23.2 Å². The zero-order chi connectivity index (χ0) is 35.6. The Morgan fingerprint density at radius 3 is 1.15 bits per heavy atom. The van der Waals surface area contributed by atoms with Crippen LogP contribution in [0.5, 0.6) is 46.0 Å². The summed E-state index contributed by atoms with van der Waals surface area (Å²) in [6, 6.07) is 5.96. The minimum absolute atomic E-state index is 0.00846. The van der Waals surface area contributed by atoms with Crippen LogP contribution in [-0.4, -0.2) is 58.7 Å². The van der Waals surface area contributed by atoms with Crippen LogP contribution in [0.25, 0.3) is 22.3 Å². The van der Waals surface area contributed by atoms with E-state index in [9.17, 15) is 10.2 Å². The molecule has 0 aliphatic rings. The minimum Gasteiger partial charge on any atom is -0.507 e. The van der Waals surface area contributed by atoms with Crippen molar-refractivity contribution >= 4 is 29.0 Å². The lowest BCUT2D eigenvalue weighted by Gasteiger charge is -2.27. The number of hydrogen-bond acceptors (Lipinski definition) is 11. The van der Waals surface area contributed by atoms with Crippen molar-refractivity contribution in [3.63, 3.8) is 0 Å². The number of phenolic OH excluding ortho intramolecular Hbond substituents is 2. The van der Waals surface area contributed by atoms with Crippen molar-refractivity contribution in [2.75, 3.05) is 42.7 Å². The van der Waals surface area contributed by atoms with E-state index in [-0.39, 0.29) is 104 Å². The Labute approximate surface area is 288 Å². The Morgan fingerprint density at radius 2 is 0.875 bits per heavy atom. The van der Waals surface area contributed by atoms with Crippen molar-refractivity contribution in [1.29, 1.82) is 0 Å². The van der Waals surface area contributed by atoms with Gasteiger partial charge < -0.3 is 50.1 Å². The topological polar surface area (TPSA) is 165 Å². The van der Waals surface area contributed by atoms with Crippen LogP contribution >= 0.6 is 23.2 Å². The van der Waals surface area contributed by atoms with Gasteiger partial charge in [-0.25, -0.2) is 0 Å². The molecule has 0 heterocycles. The lowest BCUT2D eigenvalue weighted by atomic mass is 9.83. The van der Waals surface area contributed by atoms with Gasteiger partial charge >= 0.3 is 0 Å². The fraction of sp³-hybridized carbons (Fsp3) is 0.286. The molecule has 0 fully saturated rings. The summed E-state index contributed by atoms with van der Waals surface area (Å²) in [6.45, 7) is 2.97. The number of carbonyl (C=O) groups is 1. The van der Waals surface area contributed by atoms with E-state index in [4.69, 9.17) is 63.1 Å². The van der Waals surface area contributed by atoms with Crippen LogP contribution in [0.3, 0.4) is 0 Å². The summed E-state index contributed by atoms with van der Waals surface area (Å²) in [6.07, 6.45) is 0. The molecule has 256 valence electrons. The molecule has 4 rings (SSSR count). The molecule has 6 N–H and O–H groups in total. The molecule has 0 bridgehead atoms. The summed E-state index contributed by atoms with van der Waals surface area (Å²) in [5, 5.41) is 23.0. The SMILES string of the molecule is COc1c(OC)c(C(=O)c2c(CN)c(-c3c(O)ccc(Cl)c3C)c(OC)c(OC)c2OC)c(CN)c(-c2c(O)ccc(Cl)c2C)c1OC. The number of ether oxygens (including phenoxy) is 6. The first-order valence-corrected chi connectivity index (χ1v) is 15.3. The average Bonchev–Trinajstić information content (AvgIpc) is 3.09. The average molecular weight is 702 g/mol. The maximum atomic E-state index is 15.3. The summed E-state index contributed by atoms with van der Waals surface area (Å²) < 4.78 is 34.9. The van der Waals surface area contributed by atoms with Gasteiger partial charge in [0.2, 0.25) is 17.3 Å². The number of carbonyl (C=O) groups excluding carboxylic acids is 1. The van der Waals surface area contributed by atoms with Gasteiger partial charge in [-0.05, 0) is 60.4 Å². The van der Waals surface area contributed by atoms with Crippen LogP contribution in [0.4, 0.5) is 0 Å². The number of halogens is 2. The van der Waals surface area contributed by atoms with Gasteiger partial charge in [0.05, 0.1) is 53.8 Å². The van der Waals surface area contributed by atoms with Gasteiger partial charge in [0.1, 0.15) is 11.5 Å². The fourth-order valence-electron chi connectivity index (χ4n) is 6.13. The first kappa shape index (κ1) is 36.3. The second-order valence-corrected chi connectivity index (χ2v) is 11.3. The number of phenols is 2. The molecule has 0 aliphatic carbocycles. The number of rotatable bonds is 12. The molecular formula is C35H38Cl2N2O9. The zero-order valence-electron chi connectivity index (χ0n) is 27.9. The highest BCUT2D eigenvalue weighted by molar-refractivity contribution is 6.32. The highest BCUT2D eigenvalue weighted by Gasteiger charge is 2.38. The van der Waals surface area contributed by atoms with E-state index in [0.717, 1.165) is 0 Å². The van der Waals surface area contributed by atoms with E-state index >= 15 is 4.79 Å². The summed E-state index contributed by atoms with van der Waals surface area (Å²) in [5.74, 6) is -0.578. The van der Waals surface area contributed by atoms with Gasteiger partial charge in [-0.2, -0.15) is 0 Å². The van der Waals surface area contributed by atoms with Crippen LogP contribution in [0.15, 0.2) is 24.3 Å². The van der Waals surface area contributed by atoms with E-state index in [0.29, 0.717) is 21.2 Å². The number of benzene rings is 4. The molecule has 0 amide bonds. The maximum Gasteiger partial charge on any atom is 0.204 e. The molecule has 0 unspecified atom stereocenters. The molecule has 13 heteroatoms. The summed E-state index contributed by atoms with van der Waals surface area (Å²) >= 11 is 13.0. The van der Waals surface area contributed by atoms with Crippen molar-refractivity contribution < 1.29 is 43.4 Å². The monoisotopic (exact) mass is 700 g/mol. The number of hydrogen-bond donors (Lipinski definition) is 4. The summed E-state index contributed by atoms with van der Waals surface area (Å²) in [7, 11) is 8.33. The third kappa shape index (κ3) is 5.66. The van der Waals surface area contributed by atoms with E-state index in [1.54, 1.807) is 26.0 Å². The molecule has 0 saturated carbocycles. The molecular weight excluding hydrogens is 663 g/mol. The molecule has 4 aromatic rings. The van der Waals surface area contributed by atoms with Crippen molar-refractivity contribution in [1.82, 2.24) is 0 Å². The molecule has 11 nitrogen and oxygen atoms in total. The standard InChI is InChI=1S/C35H38Cl2N2O9/c1-15-19(36)9-11-21(40)23(15)25-17(13-38)27(32(45-5)34(47-7)30(25)43-3)29(42)28-18(14-39)26(24-16(2)20(37)10-12-22(24)41)31(44-4)35(48-8)33(28)46-6/h9-12,40-41H,13-14,38-39H2,1-8H3. The summed E-state index contributed by atoms with van der Waals surface area (Å²) in [5.41, 5.74) is 15.3. The number of ketones is 1. The maximum absolute atomic E-state index is 15.3. The number of nitrogens with two attached hydrogens (primary N) is 2. The Bertz CT molecular complexity index is 1780. The van der Waals surface area contributed by atoms with Crippen molar-refractivity contribution in [3.8, 4) is 68.2 Å². The number of methoxy groups -OCH3 is 6. The second-order valence-electron chi connectivity index (χ2n) is 10.5. The Hall–Kier alpha value is -4.55. The van der Waals surface area contributed by atoms with Crippen molar-refractivity contribution in [3.05, 3.63) is 67.7 Å². The van der Waals surface area contributed by atoms with Gasteiger partial charge in [-0.3, -0.25) is 4.79 Å². The van der Waals surface area contributed by atoms with Crippen LogP contribution in [0.2, 0.25) is 10.0 Å². The third-order valence-corrected chi connectivity index (χ3v) is 9.10. The first-order valence-electron chi connectivity index (χ1n) is 14.5. The van der Waals surface area contributed by atoms with Gasteiger partial charge in [0, 0.05) is 45.4 Å². The van der Waals surface area contributed by atoms with E-state index in [2.05, 4.69) is 0 Å². The molecule has 0 aromatic heterocycles. The minimum atomic E-state index is -0.660. The predicted molar refractivity (Wildman–Crippen MR) is 185 cm³/mol. The van der Waals surface area contributed by atoms with E-state index in [1.165, 1.54) is 54.8 Å². The molecule has 0 spiro atoms. The second kappa shape index (κ2) is 14.7. The Balaban J connectivity index is 2.32. The van der Waals surface area contributed by atoms with Gasteiger partial charge in [-0.15, -0.1) is 0 Å². The van der Waals surface area contributed by atoms with Crippen LogP contribution < -0.4 is 39.9 Å². The van der Waals surface area contributed by atoms with Gasteiger partial charge in [0.25, 0.3) is 0 Å². The van der Waals surface area contributed by atoms with Crippen LogP contribution in [0.1, 0.15) is 38.2 Å². The zero-order valence-corrected chi connectivity index (χ0v) is 29.4. The van der Waals surface area contributed by atoms with Crippen molar-refractivity contribution in [2.45, 2.75) is 26.9 Å². The Kier molecular flexibility index (Phi) is 11.1. The van der Waals surface area contributed by atoms with Crippen LogP contribution in [-0.2, 0) is 13.1 Å². The van der Waals surface area contributed by atoms with E-state index < -0.39 is 5.78 Å². The lowest BCUT2D eigenvalue weighted by Crippen LogP contribution is -2.19. The first-order chi connectivity index (χ1) is 22.9. The predicted octanol–water partition coefficient (Wildman–Crippen LogP) is 6.56. The Morgan fingerprint density at radius 1 is 0.562 bits per heavy atom. The molecule has 4 aromatic carbocycles. The molecule has 0 saturated heterocycles. The smallest absolute Gasteiger partial charge is 0.204 e. The normalized spacial score (nSPS) is 10.9. The molecule has 0 atom stereocenters. The van der Waals surface area contributed by atoms with Gasteiger partial charge in [0.15, 0.2) is 23.0 Å². The summed E-state index contributed by atoms with van der Waals surface area (Å²) in [4.78, 5) is 15.3. The highest BCUT2D eigenvalue weighted by atomic mass is 35.5. The molecule has 48 heavy (non-hydrogen) atoms. The van der Waals surface area contributed by atoms with Crippen LogP contribution in [0, 0.1) is 13.8 Å².